The fraction of sp³-hybridized carbons (Fsp3) is 0.348. The molecule has 1 amide bonds. The van der Waals surface area contributed by atoms with Crippen LogP contribution in [0.2, 0.25) is 0 Å². The largest absolute Gasteiger partial charge is 0.487 e. The third-order valence-electron chi connectivity index (χ3n) is 5.10. The Morgan fingerprint density at radius 2 is 1.87 bits per heavy atom. The first kappa shape index (κ1) is 21.8. The highest BCUT2D eigenvalue weighted by molar-refractivity contribution is 8.15. The van der Waals surface area contributed by atoms with Crippen LogP contribution in [0.1, 0.15) is 18.9 Å². The molecule has 2 fully saturated rings. The number of thioether (sulfide) groups is 2. The maximum atomic E-state index is 11.9. The van der Waals surface area contributed by atoms with Crippen LogP contribution in [0.25, 0.3) is 0 Å². The Morgan fingerprint density at radius 3 is 2.55 bits per heavy atom. The van der Waals surface area contributed by atoms with E-state index in [1.807, 2.05) is 49.0 Å². The van der Waals surface area contributed by atoms with Gasteiger partial charge in [-0.2, -0.15) is 11.8 Å². The maximum absolute atomic E-state index is 11.9. The monoisotopic (exact) mass is 454 g/mol. The molecule has 2 saturated heterocycles. The summed E-state index contributed by atoms with van der Waals surface area (Å²) in [6, 6.07) is 18.1. The molecular formula is C23H26N4O2S2. The van der Waals surface area contributed by atoms with E-state index in [1.165, 1.54) is 29.0 Å². The van der Waals surface area contributed by atoms with Gasteiger partial charge in [0.1, 0.15) is 18.1 Å². The van der Waals surface area contributed by atoms with Gasteiger partial charge >= 0.3 is 0 Å². The van der Waals surface area contributed by atoms with E-state index in [0.29, 0.717) is 10.9 Å². The first-order valence-corrected chi connectivity index (χ1v) is 12.5. The summed E-state index contributed by atoms with van der Waals surface area (Å²) >= 11 is 3.43. The van der Waals surface area contributed by atoms with Crippen molar-refractivity contribution in [3.63, 3.8) is 0 Å². The minimum atomic E-state index is -0.0973. The van der Waals surface area contributed by atoms with Crippen LogP contribution < -0.4 is 15.0 Å². The molecule has 31 heavy (non-hydrogen) atoms. The number of nitrogens with one attached hydrogen (secondary N) is 1. The molecule has 2 heterocycles. The van der Waals surface area contributed by atoms with Gasteiger partial charge in [-0.1, -0.05) is 49.0 Å². The Labute approximate surface area is 191 Å². The minimum absolute atomic E-state index is 0.00687. The minimum Gasteiger partial charge on any atom is -0.487 e. The van der Waals surface area contributed by atoms with E-state index in [0.717, 1.165) is 30.8 Å². The van der Waals surface area contributed by atoms with Gasteiger partial charge in [0.25, 0.3) is 0 Å². The van der Waals surface area contributed by atoms with Crippen LogP contribution >= 0.6 is 23.5 Å². The Balaban J connectivity index is 1.53. The van der Waals surface area contributed by atoms with Crippen molar-refractivity contribution in [2.75, 3.05) is 36.1 Å². The van der Waals surface area contributed by atoms with E-state index in [-0.39, 0.29) is 17.8 Å². The van der Waals surface area contributed by atoms with E-state index in [2.05, 4.69) is 44.7 Å². The van der Waals surface area contributed by atoms with Crippen LogP contribution in [0.4, 0.5) is 5.69 Å². The van der Waals surface area contributed by atoms with Crippen molar-refractivity contribution in [2.24, 2.45) is 10.2 Å². The van der Waals surface area contributed by atoms with Gasteiger partial charge in [-0.05, 0) is 30.7 Å². The van der Waals surface area contributed by atoms with E-state index in [4.69, 9.17) is 4.74 Å². The highest BCUT2D eigenvalue weighted by Gasteiger charge is 2.28. The van der Waals surface area contributed by atoms with Crippen LogP contribution in [0, 0.1) is 0 Å². The molecule has 0 radical (unpaired) electrons. The second kappa shape index (κ2) is 10.7. The molecule has 0 saturated carbocycles. The number of amidine groups is 1. The van der Waals surface area contributed by atoms with Gasteiger partial charge in [0.05, 0.1) is 5.25 Å². The zero-order chi connectivity index (χ0) is 21.5. The molecule has 2 aliphatic rings. The molecule has 6 nitrogen and oxygen atoms in total. The molecule has 0 bridgehead atoms. The molecule has 1 unspecified atom stereocenters. The van der Waals surface area contributed by atoms with Crippen molar-refractivity contribution in [1.29, 1.82) is 0 Å². The maximum Gasteiger partial charge on any atom is 0.239 e. The van der Waals surface area contributed by atoms with Gasteiger partial charge in [-0.3, -0.25) is 4.79 Å². The average molecular weight is 455 g/mol. The number of ether oxygens (including phenoxy) is 1. The third-order valence-corrected chi connectivity index (χ3v) is 7.29. The zero-order valence-corrected chi connectivity index (χ0v) is 19.1. The zero-order valence-electron chi connectivity index (χ0n) is 17.5. The van der Waals surface area contributed by atoms with Crippen molar-refractivity contribution < 1.29 is 9.53 Å². The summed E-state index contributed by atoms with van der Waals surface area (Å²) in [5.41, 5.74) is 2.90. The Hall–Kier alpha value is -2.45. The number of para-hydroxylation sites is 1. The predicted octanol–water partition coefficient (Wildman–Crippen LogP) is 4.02. The molecule has 162 valence electrons. The topological polar surface area (TPSA) is 66.3 Å². The standard InChI is InChI=1S/C23H26N4O2S2/c1-2-21-22(28)24-23(31-21)26-25-20(16-29-19-6-4-3-5-7-19)17-8-10-18(11-9-17)27-12-14-30-15-13-27/h3-11,21H,2,12-16H2,1H3,(H,24,26,28)/b25-20+. The molecule has 1 atom stereocenters. The Kier molecular flexibility index (Phi) is 7.53. The van der Waals surface area contributed by atoms with Crippen LogP contribution in [0.15, 0.2) is 64.8 Å². The SMILES string of the molecule is CCC1S/C(=N\N=C(/COc2ccccc2)c2ccc(N3CCSCC3)cc2)NC1=O. The molecule has 0 aliphatic carbocycles. The number of carbonyl (C=O) groups is 1. The van der Waals surface area contributed by atoms with Crippen LogP contribution in [0.3, 0.4) is 0 Å². The number of rotatable bonds is 7. The molecule has 2 aliphatic heterocycles. The summed E-state index contributed by atoms with van der Waals surface area (Å²) in [5, 5.41) is 12.0. The highest BCUT2D eigenvalue weighted by atomic mass is 32.2. The smallest absolute Gasteiger partial charge is 0.239 e. The lowest BCUT2D eigenvalue weighted by Crippen LogP contribution is -2.32. The van der Waals surface area contributed by atoms with Crippen molar-refractivity contribution in [3.8, 4) is 5.75 Å². The quantitative estimate of drug-likeness (QED) is 0.506. The second-order valence-electron chi connectivity index (χ2n) is 7.20. The number of benzene rings is 2. The van der Waals surface area contributed by atoms with E-state index in [1.54, 1.807) is 0 Å². The van der Waals surface area contributed by atoms with Crippen molar-refractivity contribution in [1.82, 2.24) is 5.32 Å². The normalized spacial score (nSPS) is 20.7. The lowest BCUT2D eigenvalue weighted by molar-refractivity contribution is -0.118. The van der Waals surface area contributed by atoms with Crippen LogP contribution in [-0.2, 0) is 4.79 Å². The molecule has 0 spiro atoms. The van der Waals surface area contributed by atoms with Gasteiger partial charge in [0.2, 0.25) is 5.91 Å². The van der Waals surface area contributed by atoms with Crippen molar-refractivity contribution in [3.05, 3.63) is 60.2 Å². The number of anilines is 1. The predicted molar refractivity (Wildman–Crippen MR) is 132 cm³/mol. The number of hydrogen-bond donors (Lipinski definition) is 1. The van der Waals surface area contributed by atoms with Gasteiger partial charge in [0, 0.05) is 35.8 Å². The number of amides is 1. The number of nitrogens with zero attached hydrogens (tertiary/aromatic N) is 3. The van der Waals surface area contributed by atoms with E-state index < -0.39 is 0 Å². The Bertz CT molecular complexity index is 942. The average Bonchev–Trinajstić information content (AvgIpc) is 3.20. The summed E-state index contributed by atoms with van der Waals surface area (Å²) in [5.74, 6) is 3.10. The van der Waals surface area contributed by atoms with Gasteiger partial charge in [-0.15, -0.1) is 10.2 Å². The van der Waals surface area contributed by atoms with Crippen molar-refractivity contribution in [2.45, 2.75) is 18.6 Å². The van der Waals surface area contributed by atoms with Crippen molar-refractivity contribution >= 4 is 46.0 Å². The molecule has 4 rings (SSSR count). The summed E-state index contributed by atoms with van der Waals surface area (Å²) in [4.78, 5) is 14.3. The van der Waals surface area contributed by atoms with E-state index in [9.17, 15) is 4.79 Å². The lowest BCUT2D eigenvalue weighted by atomic mass is 10.1. The second-order valence-corrected chi connectivity index (χ2v) is 9.62. The summed E-state index contributed by atoms with van der Waals surface area (Å²) in [6.45, 7) is 4.43. The molecular weight excluding hydrogens is 428 g/mol. The molecule has 8 heteroatoms. The molecule has 2 aromatic rings. The Morgan fingerprint density at radius 1 is 1.13 bits per heavy atom. The first-order valence-electron chi connectivity index (χ1n) is 10.5. The lowest BCUT2D eigenvalue weighted by Gasteiger charge is -2.28. The van der Waals surface area contributed by atoms with E-state index >= 15 is 0 Å². The molecule has 1 N–H and O–H groups in total. The van der Waals surface area contributed by atoms with Crippen LogP contribution in [0.5, 0.6) is 5.75 Å². The summed E-state index contributed by atoms with van der Waals surface area (Å²) in [6.07, 6.45) is 0.764. The first-order chi connectivity index (χ1) is 15.2. The fourth-order valence-corrected chi connectivity index (χ4v) is 5.10. The van der Waals surface area contributed by atoms with Gasteiger partial charge in [-0.25, -0.2) is 0 Å². The third kappa shape index (κ3) is 5.83. The number of carbonyl (C=O) groups excluding carboxylic acids is 1. The summed E-state index contributed by atoms with van der Waals surface area (Å²) in [7, 11) is 0. The fourth-order valence-electron chi connectivity index (χ4n) is 3.35. The van der Waals surface area contributed by atoms with Gasteiger partial charge < -0.3 is 15.0 Å². The molecule has 2 aromatic carbocycles. The summed E-state index contributed by atoms with van der Waals surface area (Å²) < 4.78 is 5.94. The highest BCUT2D eigenvalue weighted by Crippen LogP contribution is 2.23. The van der Waals surface area contributed by atoms with Crippen LogP contribution in [-0.4, -0.2) is 53.2 Å². The van der Waals surface area contributed by atoms with Gasteiger partial charge in [0.15, 0.2) is 5.17 Å². The number of hydrogen-bond acceptors (Lipinski definition) is 7. The molecule has 0 aromatic heterocycles.